The summed E-state index contributed by atoms with van der Waals surface area (Å²) in [5.41, 5.74) is -0.867. The summed E-state index contributed by atoms with van der Waals surface area (Å²) >= 11 is 5.91. The molecule has 1 N–H and O–H groups in total. The van der Waals surface area contributed by atoms with Crippen molar-refractivity contribution >= 4 is 23.3 Å². The van der Waals surface area contributed by atoms with E-state index in [-0.39, 0.29) is 27.7 Å². The molecule has 2 heterocycles. The molecule has 3 rings (SSSR count). The monoisotopic (exact) mass is 398 g/mol. The van der Waals surface area contributed by atoms with Crippen LogP contribution < -0.4 is 5.32 Å². The van der Waals surface area contributed by atoms with E-state index in [0.717, 1.165) is 23.0 Å². The Morgan fingerprint density at radius 3 is 2.52 bits per heavy atom. The molecule has 140 valence electrons. The van der Waals surface area contributed by atoms with Gasteiger partial charge in [-0.1, -0.05) is 23.7 Å². The van der Waals surface area contributed by atoms with Crippen molar-refractivity contribution in [3.8, 4) is 11.3 Å². The SMILES string of the molecule is Cn1nc(C(F)(F)F)cc1-c1cnc(NC(=O)c2ccccc2Cl)c(F)c1. The number of nitrogens with one attached hydrogen (secondary N) is 1. The Hall–Kier alpha value is -2.94. The summed E-state index contributed by atoms with van der Waals surface area (Å²) in [6, 6.07) is 7.94. The molecule has 0 atom stereocenters. The van der Waals surface area contributed by atoms with Gasteiger partial charge in [-0.3, -0.25) is 9.48 Å². The fourth-order valence-electron chi connectivity index (χ4n) is 2.37. The van der Waals surface area contributed by atoms with E-state index in [4.69, 9.17) is 11.6 Å². The minimum absolute atomic E-state index is 0.0257. The summed E-state index contributed by atoms with van der Waals surface area (Å²) in [7, 11) is 1.30. The van der Waals surface area contributed by atoms with Crippen LogP contribution in [-0.4, -0.2) is 20.7 Å². The van der Waals surface area contributed by atoms with E-state index in [1.165, 1.54) is 19.2 Å². The highest BCUT2D eigenvalue weighted by Crippen LogP contribution is 2.32. The second-order valence-electron chi connectivity index (χ2n) is 5.52. The number of rotatable bonds is 3. The Morgan fingerprint density at radius 1 is 1.22 bits per heavy atom. The van der Waals surface area contributed by atoms with Gasteiger partial charge in [-0.05, 0) is 24.3 Å². The van der Waals surface area contributed by atoms with Gasteiger partial charge in [0.15, 0.2) is 17.3 Å². The first-order chi connectivity index (χ1) is 12.7. The van der Waals surface area contributed by atoms with Gasteiger partial charge in [0.1, 0.15) is 0 Å². The van der Waals surface area contributed by atoms with Crippen LogP contribution in [0, 0.1) is 5.82 Å². The van der Waals surface area contributed by atoms with Crippen molar-refractivity contribution < 1.29 is 22.4 Å². The number of hydrogen-bond acceptors (Lipinski definition) is 3. The molecule has 0 aliphatic heterocycles. The zero-order valence-corrected chi connectivity index (χ0v) is 14.4. The summed E-state index contributed by atoms with van der Waals surface area (Å²) in [5, 5.41) is 5.83. The number of anilines is 1. The van der Waals surface area contributed by atoms with Crippen LogP contribution in [0.1, 0.15) is 16.1 Å². The van der Waals surface area contributed by atoms with E-state index >= 15 is 0 Å². The third-order valence-corrected chi connectivity index (χ3v) is 3.99. The van der Waals surface area contributed by atoms with Crippen LogP contribution in [0.25, 0.3) is 11.3 Å². The van der Waals surface area contributed by atoms with Gasteiger partial charge in [0.05, 0.1) is 16.3 Å². The topological polar surface area (TPSA) is 59.8 Å². The highest BCUT2D eigenvalue weighted by molar-refractivity contribution is 6.34. The lowest BCUT2D eigenvalue weighted by Gasteiger charge is -2.08. The Balaban J connectivity index is 1.88. The zero-order valence-electron chi connectivity index (χ0n) is 13.7. The molecular weight excluding hydrogens is 388 g/mol. The molecular formula is C17H11ClF4N4O. The minimum Gasteiger partial charge on any atom is -0.304 e. The molecule has 0 bridgehead atoms. The van der Waals surface area contributed by atoms with Gasteiger partial charge in [0.25, 0.3) is 5.91 Å². The fraction of sp³-hybridized carbons (Fsp3) is 0.118. The molecule has 0 saturated carbocycles. The Labute approximate surface area is 155 Å². The number of hydrogen-bond donors (Lipinski definition) is 1. The number of nitrogens with zero attached hydrogens (tertiary/aromatic N) is 3. The normalized spacial score (nSPS) is 11.5. The van der Waals surface area contributed by atoms with Crippen molar-refractivity contribution in [1.29, 1.82) is 0 Å². The number of alkyl halides is 3. The number of halogens is 5. The molecule has 10 heteroatoms. The number of carbonyl (C=O) groups is 1. The third kappa shape index (κ3) is 3.92. The van der Waals surface area contributed by atoms with Gasteiger partial charge < -0.3 is 5.32 Å². The van der Waals surface area contributed by atoms with Crippen molar-refractivity contribution in [2.24, 2.45) is 7.05 Å². The average molecular weight is 399 g/mol. The third-order valence-electron chi connectivity index (χ3n) is 3.66. The second-order valence-corrected chi connectivity index (χ2v) is 5.93. The molecule has 0 spiro atoms. The van der Waals surface area contributed by atoms with Crippen LogP contribution in [0.4, 0.5) is 23.4 Å². The molecule has 2 aromatic heterocycles. The Bertz CT molecular complexity index is 1020. The summed E-state index contributed by atoms with van der Waals surface area (Å²) in [4.78, 5) is 16.0. The van der Waals surface area contributed by atoms with Gasteiger partial charge in [-0.25, -0.2) is 9.37 Å². The summed E-state index contributed by atoms with van der Waals surface area (Å²) in [6.45, 7) is 0. The number of benzene rings is 1. The van der Waals surface area contributed by atoms with Crippen LogP contribution in [-0.2, 0) is 13.2 Å². The van der Waals surface area contributed by atoms with E-state index in [1.807, 2.05) is 0 Å². The smallest absolute Gasteiger partial charge is 0.304 e. The van der Waals surface area contributed by atoms with E-state index in [9.17, 15) is 22.4 Å². The molecule has 0 unspecified atom stereocenters. The van der Waals surface area contributed by atoms with Crippen molar-refractivity contribution in [1.82, 2.24) is 14.8 Å². The van der Waals surface area contributed by atoms with Crippen LogP contribution in [0.3, 0.4) is 0 Å². The zero-order chi connectivity index (χ0) is 19.8. The van der Waals surface area contributed by atoms with E-state index in [0.29, 0.717) is 0 Å². The van der Waals surface area contributed by atoms with Gasteiger partial charge >= 0.3 is 6.18 Å². The van der Waals surface area contributed by atoms with Gasteiger partial charge in [-0.2, -0.15) is 18.3 Å². The Morgan fingerprint density at radius 2 is 1.93 bits per heavy atom. The van der Waals surface area contributed by atoms with E-state index < -0.39 is 23.6 Å². The number of amides is 1. The largest absolute Gasteiger partial charge is 0.435 e. The predicted molar refractivity (Wildman–Crippen MR) is 90.8 cm³/mol. The predicted octanol–water partition coefficient (Wildman–Crippen LogP) is 4.55. The number of pyridine rings is 1. The first-order valence-corrected chi connectivity index (χ1v) is 7.87. The lowest BCUT2D eigenvalue weighted by Crippen LogP contribution is -2.14. The van der Waals surface area contributed by atoms with Crippen LogP contribution in [0.15, 0.2) is 42.6 Å². The van der Waals surface area contributed by atoms with E-state index in [1.54, 1.807) is 12.1 Å². The van der Waals surface area contributed by atoms with Crippen molar-refractivity contribution in [3.63, 3.8) is 0 Å². The molecule has 3 aromatic rings. The summed E-state index contributed by atoms with van der Waals surface area (Å²) < 4.78 is 53.6. The number of carbonyl (C=O) groups excluding carboxylic acids is 1. The quantitative estimate of drug-likeness (QED) is 0.659. The Kier molecular flexibility index (Phi) is 4.88. The molecule has 0 aliphatic carbocycles. The maximum absolute atomic E-state index is 14.3. The van der Waals surface area contributed by atoms with E-state index in [2.05, 4.69) is 15.4 Å². The maximum atomic E-state index is 14.3. The van der Waals surface area contributed by atoms with Gasteiger partial charge in [-0.15, -0.1) is 0 Å². The summed E-state index contributed by atoms with van der Waals surface area (Å²) in [5.74, 6) is -1.95. The molecule has 1 amide bonds. The second kappa shape index (κ2) is 6.99. The minimum atomic E-state index is -4.62. The average Bonchev–Trinajstić information content (AvgIpc) is 2.99. The molecule has 0 saturated heterocycles. The fourth-order valence-corrected chi connectivity index (χ4v) is 2.59. The van der Waals surface area contributed by atoms with Crippen molar-refractivity contribution in [2.45, 2.75) is 6.18 Å². The molecule has 1 aromatic carbocycles. The molecule has 0 aliphatic rings. The highest BCUT2D eigenvalue weighted by Gasteiger charge is 2.34. The lowest BCUT2D eigenvalue weighted by atomic mass is 10.2. The van der Waals surface area contributed by atoms with Gasteiger partial charge in [0.2, 0.25) is 0 Å². The number of aromatic nitrogens is 3. The highest BCUT2D eigenvalue weighted by atomic mass is 35.5. The number of aryl methyl sites for hydroxylation is 1. The van der Waals surface area contributed by atoms with Crippen LogP contribution in [0.5, 0.6) is 0 Å². The van der Waals surface area contributed by atoms with Crippen LogP contribution in [0.2, 0.25) is 5.02 Å². The molecule has 5 nitrogen and oxygen atoms in total. The summed E-state index contributed by atoms with van der Waals surface area (Å²) in [6.07, 6.45) is -3.48. The first-order valence-electron chi connectivity index (χ1n) is 7.50. The lowest BCUT2D eigenvalue weighted by molar-refractivity contribution is -0.141. The van der Waals surface area contributed by atoms with Crippen molar-refractivity contribution in [2.75, 3.05) is 5.32 Å². The first kappa shape index (κ1) is 18.8. The molecule has 0 fully saturated rings. The maximum Gasteiger partial charge on any atom is 0.435 e. The van der Waals surface area contributed by atoms with Crippen LogP contribution >= 0.6 is 11.6 Å². The standard InChI is InChI=1S/C17H11ClF4N4O/c1-26-13(7-14(25-26)17(20,21)22)9-6-12(19)15(23-8-9)24-16(27)10-4-2-3-5-11(10)18/h2-8H,1H3,(H,23,24,27). The van der Waals surface area contributed by atoms with Crippen molar-refractivity contribution in [3.05, 3.63) is 64.7 Å². The molecule has 0 radical (unpaired) electrons. The molecule has 27 heavy (non-hydrogen) atoms. The van der Waals surface area contributed by atoms with Gasteiger partial charge in [0, 0.05) is 18.8 Å².